The number of nitrogens with zero attached hydrogens (tertiary/aromatic N) is 2. The van der Waals surface area contributed by atoms with Crippen LogP contribution in [0, 0.1) is 0 Å². The molecule has 0 saturated carbocycles. The SMILES string of the molecule is CSCCCN=C(N)N1CCSCC1.I. The lowest BCUT2D eigenvalue weighted by Crippen LogP contribution is -2.42. The fourth-order valence-corrected chi connectivity index (χ4v) is 2.62. The highest BCUT2D eigenvalue weighted by Gasteiger charge is 2.11. The van der Waals surface area contributed by atoms with Crippen LogP contribution in [-0.4, -0.2) is 54.0 Å². The Labute approximate surface area is 118 Å². The van der Waals surface area contributed by atoms with Gasteiger partial charge in [-0.1, -0.05) is 0 Å². The maximum Gasteiger partial charge on any atom is 0.191 e. The van der Waals surface area contributed by atoms with Gasteiger partial charge in [-0.2, -0.15) is 23.5 Å². The summed E-state index contributed by atoms with van der Waals surface area (Å²) in [6, 6.07) is 0. The van der Waals surface area contributed by atoms with Gasteiger partial charge in [0.05, 0.1) is 0 Å². The van der Waals surface area contributed by atoms with E-state index in [0.717, 1.165) is 32.0 Å². The lowest BCUT2D eigenvalue weighted by atomic mass is 10.5. The van der Waals surface area contributed by atoms with Gasteiger partial charge in [-0.15, -0.1) is 24.0 Å². The molecule has 0 amide bonds. The zero-order valence-corrected chi connectivity index (χ0v) is 13.1. The molecule has 1 aliphatic heterocycles. The van der Waals surface area contributed by atoms with Gasteiger partial charge in [-0.05, 0) is 18.4 Å². The van der Waals surface area contributed by atoms with E-state index in [4.69, 9.17) is 5.73 Å². The van der Waals surface area contributed by atoms with Crippen LogP contribution in [-0.2, 0) is 0 Å². The van der Waals surface area contributed by atoms with Crippen LogP contribution in [0.25, 0.3) is 0 Å². The van der Waals surface area contributed by atoms with Crippen LogP contribution in [0.3, 0.4) is 0 Å². The quantitative estimate of drug-likeness (QED) is 0.358. The average Bonchev–Trinajstić information content (AvgIpc) is 2.25. The summed E-state index contributed by atoms with van der Waals surface area (Å²) < 4.78 is 0. The van der Waals surface area contributed by atoms with Gasteiger partial charge in [0, 0.05) is 31.1 Å². The Kier molecular flexibility index (Phi) is 10.4. The average molecular weight is 361 g/mol. The van der Waals surface area contributed by atoms with Gasteiger partial charge in [0.15, 0.2) is 5.96 Å². The Morgan fingerprint density at radius 2 is 2.13 bits per heavy atom. The van der Waals surface area contributed by atoms with E-state index < -0.39 is 0 Å². The van der Waals surface area contributed by atoms with Crippen molar-refractivity contribution in [2.24, 2.45) is 10.7 Å². The lowest BCUT2D eigenvalue weighted by Gasteiger charge is -2.27. The van der Waals surface area contributed by atoms with Crippen LogP contribution in [0.2, 0.25) is 0 Å². The summed E-state index contributed by atoms with van der Waals surface area (Å²) >= 11 is 3.85. The predicted octanol–water partition coefficient (Wildman–Crippen LogP) is 1.72. The Balaban J connectivity index is 0.00000196. The van der Waals surface area contributed by atoms with Gasteiger partial charge >= 0.3 is 0 Å². The van der Waals surface area contributed by atoms with Crippen molar-refractivity contribution >= 4 is 53.5 Å². The van der Waals surface area contributed by atoms with Gasteiger partial charge < -0.3 is 10.6 Å². The molecule has 1 heterocycles. The minimum Gasteiger partial charge on any atom is -0.370 e. The van der Waals surface area contributed by atoms with E-state index in [2.05, 4.69) is 16.1 Å². The Hall–Kier alpha value is 0.700. The summed E-state index contributed by atoms with van der Waals surface area (Å²) in [5.74, 6) is 4.28. The first-order chi connectivity index (χ1) is 6.84. The minimum atomic E-state index is 0. The third kappa shape index (κ3) is 6.78. The van der Waals surface area contributed by atoms with E-state index in [9.17, 15) is 0 Å². The highest BCUT2D eigenvalue weighted by molar-refractivity contribution is 14.0. The molecule has 0 bridgehead atoms. The summed E-state index contributed by atoms with van der Waals surface area (Å²) in [6.07, 6.45) is 3.25. The van der Waals surface area contributed by atoms with E-state index in [-0.39, 0.29) is 24.0 Å². The van der Waals surface area contributed by atoms with Crippen molar-refractivity contribution in [1.82, 2.24) is 4.90 Å². The molecule has 1 aliphatic rings. The van der Waals surface area contributed by atoms with Crippen LogP contribution in [0.1, 0.15) is 6.42 Å². The number of halogens is 1. The zero-order valence-electron chi connectivity index (χ0n) is 9.15. The maximum atomic E-state index is 5.89. The van der Waals surface area contributed by atoms with Gasteiger partial charge in [-0.3, -0.25) is 4.99 Å². The second-order valence-corrected chi connectivity index (χ2v) is 5.40. The van der Waals surface area contributed by atoms with Crippen molar-refractivity contribution in [3.05, 3.63) is 0 Å². The van der Waals surface area contributed by atoms with Crippen LogP contribution < -0.4 is 5.73 Å². The predicted molar refractivity (Wildman–Crippen MR) is 83.8 cm³/mol. The van der Waals surface area contributed by atoms with E-state index in [0.29, 0.717) is 0 Å². The molecular formula is C9H20IN3S2. The molecule has 0 aromatic carbocycles. The van der Waals surface area contributed by atoms with E-state index >= 15 is 0 Å². The number of aliphatic imine (C=N–C) groups is 1. The molecule has 3 nitrogen and oxygen atoms in total. The van der Waals surface area contributed by atoms with E-state index in [1.165, 1.54) is 17.3 Å². The number of hydrogen-bond donors (Lipinski definition) is 1. The molecule has 0 spiro atoms. The van der Waals surface area contributed by atoms with E-state index in [1.54, 1.807) is 0 Å². The number of hydrogen-bond acceptors (Lipinski definition) is 3. The summed E-state index contributed by atoms with van der Waals surface area (Å²) in [5.41, 5.74) is 5.89. The minimum absolute atomic E-state index is 0. The van der Waals surface area contributed by atoms with Crippen molar-refractivity contribution in [3.8, 4) is 0 Å². The van der Waals surface area contributed by atoms with Gasteiger partial charge in [0.2, 0.25) is 0 Å². The smallest absolute Gasteiger partial charge is 0.191 e. The highest BCUT2D eigenvalue weighted by Crippen LogP contribution is 2.08. The van der Waals surface area contributed by atoms with E-state index in [1.807, 2.05) is 23.5 Å². The molecule has 90 valence electrons. The van der Waals surface area contributed by atoms with Crippen molar-refractivity contribution in [2.75, 3.05) is 43.1 Å². The molecule has 0 atom stereocenters. The van der Waals surface area contributed by atoms with Gasteiger partial charge in [-0.25, -0.2) is 0 Å². The molecule has 0 aromatic heterocycles. The number of rotatable bonds is 4. The second-order valence-electron chi connectivity index (χ2n) is 3.19. The molecule has 0 radical (unpaired) electrons. The molecule has 1 rings (SSSR count). The molecule has 0 unspecified atom stereocenters. The fraction of sp³-hybridized carbons (Fsp3) is 0.889. The molecule has 1 fully saturated rings. The largest absolute Gasteiger partial charge is 0.370 e. The summed E-state index contributed by atoms with van der Waals surface area (Å²) in [5, 5.41) is 0. The molecule has 15 heavy (non-hydrogen) atoms. The van der Waals surface area contributed by atoms with Crippen LogP contribution in [0.15, 0.2) is 4.99 Å². The standard InChI is InChI=1S/C9H19N3S2.HI/c1-13-6-2-3-11-9(10)12-4-7-14-8-5-12;/h2-8H2,1H3,(H2,10,11);1H. The molecule has 0 aliphatic carbocycles. The Morgan fingerprint density at radius 3 is 2.73 bits per heavy atom. The van der Waals surface area contributed by atoms with Crippen LogP contribution in [0.5, 0.6) is 0 Å². The molecule has 0 aromatic rings. The number of guanidine groups is 1. The van der Waals surface area contributed by atoms with Crippen molar-refractivity contribution < 1.29 is 0 Å². The lowest BCUT2D eigenvalue weighted by molar-refractivity contribution is 0.456. The molecule has 1 saturated heterocycles. The first kappa shape index (κ1) is 15.7. The maximum absolute atomic E-state index is 5.89. The fourth-order valence-electron chi connectivity index (χ4n) is 1.29. The Morgan fingerprint density at radius 1 is 1.47 bits per heavy atom. The highest BCUT2D eigenvalue weighted by atomic mass is 127. The summed E-state index contributed by atoms with van der Waals surface area (Å²) in [4.78, 5) is 6.57. The molecular weight excluding hydrogens is 341 g/mol. The summed E-state index contributed by atoms with van der Waals surface area (Å²) in [7, 11) is 0. The van der Waals surface area contributed by atoms with Crippen molar-refractivity contribution in [3.63, 3.8) is 0 Å². The third-order valence-corrected chi connectivity index (χ3v) is 3.75. The first-order valence-corrected chi connectivity index (χ1v) is 7.51. The number of nitrogens with two attached hydrogens (primary N) is 1. The molecule has 2 N–H and O–H groups in total. The normalized spacial score (nSPS) is 17.4. The number of thioether (sulfide) groups is 2. The van der Waals surface area contributed by atoms with Gasteiger partial charge in [0.1, 0.15) is 0 Å². The van der Waals surface area contributed by atoms with Crippen molar-refractivity contribution in [2.45, 2.75) is 6.42 Å². The Bertz CT molecular complexity index is 184. The third-order valence-electron chi connectivity index (χ3n) is 2.12. The zero-order chi connectivity index (χ0) is 10.2. The van der Waals surface area contributed by atoms with Crippen LogP contribution in [0.4, 0.5) is 0 Å². The van der Waals surface area contributed by atoms with Crippen LogP contribution >= 0.6 is 47.5 Å². The molecule has 6 heteroatoms. The van der Waals surface area contributed by atoms with Crippen molar-refractivity contribution in [1.29, 1.82) is 0 Å². The first-order valence-electron chi connectivity index (χ1n) is 4.96. The second kappa shape index (κ2) is 9.89. The monoisotopic (exact) mass is 361 g/mol. The van der Waals surface area contributed by atoms with Gasteiger partial charge in [0.25, 0.3) is 0 Å². The summed E-state index contributed by atoms with van der Waals surface area (Å²) in [6.45, 7) is 2.99. The topological polar surface area (TPSA) is 41.6 Å².